The molecule has 1 aromatic carbocycles. The Bertz CT molecular complexity index is 566. The Balaban J connectivity index is 2.12. The predicted molar refractivity (Wildman–Crippen MR) is 65.1 cm³/mol. The molecule has 0 atom stereocenters. The number of alkyl halides is 3. The van der Waals surface area contributed by atoms with Crippen molar-refractivity contribution in [1.29, 1.82) is 0 Å². The second-order valence-corrected chi connectivity index (χ2v) is 6.28. The first-order chi connectivity index (χ1) is 9.29. The highest BCUT2D eigenvalue weighted by Crippen LogP contribution is 2.30. The summed E-state index contributed by atoms with van der Waals surface area (Å²) in [5.74, 6) is 0. The smallest absolute Gasteiger partial charge is 0.284 e. The molecule has 0 radical (unpaired) electrons. The van der Waals surface area contributed by atoms with E-state index in [0.29, 0.717) is 6.07 Å². The van der Waals surface area contributed by atoms with E-state index in [9.17, 15) is 21.6 Å². The van der Waals surface area contributed by atoms with E-state index >= 15 is 0 Å². The molecule has 112 valence electrons. The van der Waals surface area contributed by atoms with Crippen LogP contribution < -0.4 is 4.89 Å². The third kappa shape index (κ3) is 3.71. The van der Waals surface area contributed by atoms with Gasteiger partial charge < -0.3 is 0 Å². The Hall–Kier alpha value is -1.12. The van der Waals surface area contributed by atoms with Gasteiger partial charge in [-0.15, -0.1) is 0 Å². The van der Waals surface area contributed by atoms with Gasteiger partial charge in [0.1, 0.15) is 0 Å². The van der Waals surface area contributed by atoms with Gasteiger partial charge >= 0.3 is 6.18 Å². The van der Waals surface area contributed by atoms with Gasteiger partial charge in [0.25, 0.3) is 10.0 Å². The van der Waals surface area contributed by atoms with Crippen molar-refractivity contribution >= 4 is 10.0 Å². The molecule has 0 bridgehead atoms. The molecule has 1 N–H and O–H groups in total. The van der Waals surface area contributed by atoms with E-state index < -0.39 is 26.7 Å². The Kier molecular flexibility index (Phi) is 4.36. The standard InChI is InChI=1S/C12H14F3NO3S/c13-12(14,15)9-4-3-7-11(8-9)20(17,18)16-19-10-5-1-2-6-10/h3-4,7-8,10,16H,1-2,5-6H2. The maximum Gasteiger partial charge on any atom is 0.416 e. The quantitative estimate of drug-likeness (QED) is 0.870. The molecule has 0 heterocycles. The number of rotatable bonds is 4. The summed E-state index contributed by atoms with van der Waals surface area (Å²) >= 11 is 0. The minimum absolute atomic E-state index is 0.212. The minimum Gasteiger partial charge on any atom is -0.284 e. The second kappa shape index (κ2) is 5.71. The minimum atomic E-state index is -4.59. The molecule has 0 aromatic heterocycles. The first-order valence-corrected chi connectivity index (χ1v) is 7.62. The van der Waals surface area contributed by atoms with Crippen LogP contribution in [0.1, 0.15) is 31.2 Å². The molecule has 4 nitrogen and oxygen atoms in total. The molecule has 1 saturated carbocycles. The topological polar surface area (TPSA) is 55.4 Å². The van der Waals surface area contributed by atoms with Crippen molar-refractivity contribution in [1.82, 2.24) is 4.89 Å². The summed E-state index contributed by atoms with van der Waals surface area (Å²) in [6, 6.07) is 3.54. The van der Waals surface area contributed by atoms with Gasteiger partial charge in [-0.2, -0.15) is 13.2 Å². The Morgan fingerprint density at radius 1 is 1.20 bits per heavy atom. The first-order valence-electron chi connectivity index (χ1n) is 6.14. The number of nitrogens with one attached hydrogen (secondary N) is 1. The highest BCUT2D eigenvalue weighted by molar-refractivity contribution is 7.89. The number of hydrogen-bond donors (Lipinski definition) is 1. The zero-order valence-corrected chi connectivity index (χ0v) is 11.3. The second-order valence-electron chi connectivity index (χ2n) is 4.64. The van der Waals surface area contributed by atoms with Gasteiger partial charge in [0.05, 0.1) is 16.6 Å². The summed E-state index contributed by atoms with van der Waals surface area (Å²) in [6.45, 7) is 0. The average Bonchev–Trinajstić information content (AvgIpc) is 2.89. The van der Waals surface area contributed by atoms with Crippen molar-refractivity contribution in [3.8, 4) is 0 Å². The Morgan fingerprint density at radius 3 is 2.45 bits per heavy atom. The monoisotopic (exact) mass is 309 g/mol. The van der Waals surface area contributed by atoms with E-state index in [1.165, 1.54) is 0 Å². The summed E-state index contributed by atoms with van der Waals surface area (Å²) in [5.41, 5.74) is -1.01. The van der Waals surface area contributed by atoms with Crippen LogP contribution in [0.15, 0.2) is 29.2 Å². The largest absolute Gasteiger partial charge is 0.416 e. The molecule has 0 aliphatic heterocycles. The van der Waals surface area contributed by atoms with Crippen molar-refractivity contribution in [2.75, 3.05) is 0 Å². The van der Waals surface area contributed by atoms with Crippen LogP contribution in [0.25, 0.3) is 0 Å². The van der Waals surface area contributed by atoms with Crippen LogP contribution >= 0.6 is 0 Å². The molecule has 1 aromatic rings. The molecule has 1 aliphatic carbocycles. The van der Waals surface area contributed by atoms with Gasteiger partial charge in [-0.05, 0) is 31.0 Å². The highest BCUT2D eigenvalue weighted by Gasteiger charge is 2.32. The number of hydrogen-bond acceptors (Lipinski definition) is 3. The van der Waals surface area contributed by atoms with Gasteiger partial charge in [0.2, 0.25) is 0 Å². The van der Waals surface area contributed by atoms with Gasteiger partial charge in [0, 0.05) is 0 Å². The van der Waals surface area contributed by atoms with Crippen LogP contribution in [-0.2, 0) is 21.0 Å². The number of halogens is 3. The summed E-state index contributed by atoms with van der Waals surface area (Å²) in [7, 11) is -4.10. The van der Waals surface area contributed by atoms with E-state index in [1.54, 1.807) is 0 Å². The number of sulfonamides is 1. The molecule has 0 amide bonds. The van der Waals surface area contributed by atoms with E-state index in [1.807, 2.05) is 4.89 Å². The summed E-state index contributed by atoms with van der Waals surface area (Å²) in [6.07, 6.45) is -1.41. The van der Waals surface area contributed by atoms with Crippen molar-refractivity contribution in [2.45, 2.75) is 42.9 Å². The van der Waals surface area contributed by atoms with Crippen molar-refractivity contribution in [3.05, 3.63) is 29.8 Å². The molecule has 8 heteroatoms. The van der Waals surface area contributed by atoms with Gasteiger partial charge in [-0.1, -0.05) is 23.8 Å². The van der Waals surface area contributed by atoms with Crippen LogP contribution in [0.2, 0.25) is 0 Å². The predicted octanol–water partition coefficient (Wildman–Crippen LogP) is 2.86. The number of benzene rings is 1. The summed E-state index contributed by atoms with van der Waals surface area (Å²) in [5, 5.41) is 0. The van der Waals surface area contributed by atoms with Crippen molar-refractivity contribution in [2.24, 2.45) is 0 Å². The molecule has 0 saturated heterocycles. The SMILES string of the molecule is O=S(=O)(NOC1CCCC1)c1cccc(C(F)(F)F)c1. The van der Waals surface area contributed by atoms with Crippen LogP contribution in [0.3, 0.4) is 0 Å². The van der Waals surface area contributed by atoms with Crippen molar-refractivity contribution < 1.29 is 26.4 Å². The lowest BCUT2D eigenvalue weighted by Crippen LogP contribution is -2.28. The first kappa shape index (κ1) is 15.3. The zero-order chi connectivity index (χ0) is 14.8. The fraction of sp³-hybridized carbons (Fsp3) is 0.500. The highest BCUT2D eigenvalue weighted by atomic mass is 32.2. The van der Waals surface area contributed by atoms with Crippen LogP contribution in [0, 0.1) is 0 Å². The van der Waals surface area contributed by atoms with Crippen LogP contribution in [0.5, 0.6) is 0 Å². The molecule has 0 unspecified atom stereocenters. The molecular formula is C12H14F3NO3S. The fourth-order valence-electron chi connectivity index (χ4n) is 2.03. The lowest BCUT2D eigenvalue weighted by Gasteiger charge is -2.13. The van der Waals surface area contributed by atoms with Crippen LogP contribution in [0.4, 0.5) is 13.2 Å². The lowest BCUT2D eigenvalue weighted by atomic mass is 10.2. The maximum atomic E-state index is 12.5. The van der Waals surface area contributed by atoms with Gasteiger partial charge in [-0.25, -0.2) is 8.42 Å². The normalized spacial score (nSPS) is 17.6. The van der Waals surface area contributed by atoms with Gasteiger partial charge in [-0.3, -0.25) is 4.84 Å². The molecule has 20 heavy (non-hydrogen) atoms. The lowest BCUT2D eigenvalue weighted by molar-refractivity contribution is -0.137. The van der Waals surface area contributed by atoms with E-state index in [0.717, 1.165) is 43.9 Å². The summed E-state index contributed by atoms with van der Waals surface area (Å²) < 4.78 is 61.4. The van der Waals surface area contributed by atoms with E-state index in [4.69, 9.17) is 4.84 Å². The molecule has 2 rings (SSSR count). The van der Waals surface area contributed by atoms with E-state index in [2.05, 4.69) is 0 Å². The van der Waals surface area contributed by atoms with Gasteiger partial charge in [0.15, 0.2) is 0 Å². The average molecular weight is 309 g/mol. The third-order valence-electron chi connectivity index (χ3n) is 3.10. The molecule has 0 spiro atoms. The molecule has 1 aliphatic rings. The van der Waals surface area contributed by atoms with Crippen LogP contribution in [-0.4, -0.2) is 14.5 Å². The molecular weight excluding hydrogens is 295 g/mol. The third-order valence-corrected chi connectivity index (χ3v) is 4.29. The summed E-state index contributed by atoms with van der Waals surface area (Å²) in [4.78, 5) is 6.46. The zero-order valence-electron chi connectivity index (χ0n) is 10.5. The Labute approximate surface area is 114 Å². The fourth-order valence-corrected chi connectivity index (χ4v) is 2.92. The van der Waals surface area contributed by atoms with E-state index in [-0.39, 0.29) is 6.10 Å². The molecule has 1 fully saturated rings. The maximum absolute atomic E-state index is 12.5. The Morgan fingerprint density at radius 2 is 1.85 bits per heavy atom. The van der Waals surface area contributed by atoms with Crippen molar-refractivity contribution in [3.63, 3.8) is 0 Å².